The monoisotopic (exact) mass is 902 g/mol. The van der Waals surface area contributed by atoms with Gasteiger partial charge in [0, 0.05) is 55.4 Å². The van der Waals surface area contributed by atoms with Gasteiger partial charge in [-0.2, -0.15) is 0 Å². The van der Waals surface area contributed by atoms with Gasteiger partial charge in [0.25, 0.3) is 0 Å². The quantitative estimate of drug-likeness (QED) is 0.183. The molecule has 0 saturated carbocycles. The molecular formula is C44H54O20. The van der Waals surface area contributed by atoms with Crippen LogP contribution in [0.2, 0.25) is 0 Å². The standard InChI is InChI=1S/C44H54O20/c1-21-17-31(13-15-33(21)59-41-43(11,63-29(9)51)39(57-27(7)49)37(55-25(5)47)35(61-41)19-53-23(3)45)32-14-16-34(22(2)18-32)60-42-44(12,64-30(10)52)40(58-28(8)50)38(56-26(6)48)36(62-42)20-54-24(4)46/h13-18,35-42H,19-20H2,1-12H3/t35-,36-,37-,38-,39+,40+,41+,42+,43-,44+/m1/s1. The highest BCUT2D eigenvalue weighted by Gasteiger charge is 2.63. The Balaban J connectivity index is 1.69. The Bertz CT molecular complexity index is 1970. The lowest BCUT2D eigenvalue weighted by Gasteiger charge is -2.49. The van der Waals surface area contributed by atoms with Crippen LogP contribution in [0.4, 0.5) is 0 Å². The number of hydrogen-bond donors (Lipinski definition) is 0. The summed E-state index contributed by atoms with van der Waals surface area (Å²) < 4.78 is 69.0. The first kappa shape index (κ1) is 50.4. The Morgan fingerprint density at radius 1 is 0.484 bits per heavy atom. The summed E-state index contributed by atoms with van der Waals surface area (Å²) in [4.78, 5) is 97.8. The molecule has 4 rings (SSSR count). The first-order valence-corrected chi connectivity index (χ1v) is 20.0. The summed E-state index contributed by atoms with van der Waals surface area (Å²) in [6.45, 7) is 14.4. The van der Waals surface area contributed by atoms with Gasteiger partial charge in [0.1, 0.15) is 36.9 Å². The minimum atomic E-state index is -1.91. The summed E-state index contributed by atoms with van der Waals surface area (Å²) in [5.41, 5.74) is -1.28. The highest BCUT2D eigenvalue weighted by atomic mass is 16.8. The van der Waals surface area contributed by atoms with E-state index in [1.807, 2.05) is 0 Å². The van der Waals surface area contributed by atoms with Crippen molar-refractivity contribution in [3.8, 4) is 22.6 Å². The van der Waals surface area contributed by atoms with Crippen LogP contribution in [0.5, 0.6) is 11.5 Å². The van der Waals surface area contributed by atoms with Crippen LogP contribution >= 0.6 is 0 Å². The zero-order valence-electron chi connectivity index (χ0n) is 37.7. The summed E-state index contributed by atoms with van der Waals surface area (Å²) in [7, 11) is 0. The molecule has 10 atom stereocenters. The highest BCUT2D eigenvalue weighted by molar-refractivity contribution is 5.71. The highest BCUT2D eigenvalue weighted by Crippen LogP contribution is 2.42. The molecule has 0 aliphatic carbocycles. The number of ether oxygens (including phenoxy) is 12. The maximum absolute atomic E-state index is 12.5. The lowest BCUT2D eigenvalue weighted by molar-refractivity contribution is -0.321. The van der Waals surface area contributed by atoms with Gasteiger partial charge >= 0.3 is 47.8 Å². The maximum Gasteiger partial charge on any atom is 0.303 e. The van der Waals surface area contributed by atoms with Crippen molar-refractivity contribution in [2.75, 3.05) is 13.2 Å². The average Bonchev–Trinajstić information content (AvgIpc) is 3.16. The third kappa shape index (κ3) is 12.5. The molecule has 0 N–H and O–H groups in total. The van der Waals surface area contributed by atoms with Gasteiger partial charge < -0.3 is 56.8 Å². The molecule has 0 spiro atoms. The molecular weight excluding hydrogens is 848 g/mol. The zero-order chi connectivity index (χ0) is 47.8. The van der Waals surface area contributed by atoms with E-state index < -0.39 is 121 Å². The van der Waals surface area contributed by atoms with Crippen LogP contribution in [0.3, 0.4) is 0 Å². The van der Waals surface area contributed by atoms with Gasteiger partial charge in [-0.3, -0.25) is 38.4 Å². The number of carbonyl (C=O) groups is 8. The predicted molar refractivity (Wildman–Crippen MR) is 216 cm³/mol. The van der Waals surface area contributed by atoms with Gasteiger partial charge in [0.15, 0.2) is 24.4 Å². The van der Waals surface area contributed by atoms with Crippen molar-refractivity contribution < 1.29 is 95.2 Å². The zero-order valence-corrected chi connectivity index (χ0v) is 37.7. The second-order valence-corrected chi connectivity index (χ2v) is 15.6. The minimum Gasteiger partial charge on any atom is -0.463 e. The Morgan fingerprint density at radius 3 is 1.08 bits per heavy atom. The van der Waals surface area contributed by atoms with Crippen LogP contribution < -0.4 is 9.47 Å². The average molecular weight is 903 g/mol. The molecule has 20 nitrogen and oxygen atoms in total. The van der Waals surface area contributed by atoms with E-state index in [1.165, 1.54) is 27.7 Å². The maximum atomic E-state index is 12.5. The molecule has 0 aromatic heterocycles. The van der Waals surface area contributed by atoms with E-state index in [0.717, 1.165) is 41.5 Å². The van der Waals surface area contributed by atoms with Gasteiger partial charge in [-0.25, -0.2) is 0 Å². The fourth-order valence-electron chi connectivity index (χ4n) is 7.38. The van der Waals surface area contributed by atoms with E-state index >= 15 is 0 Å². The fraction of sp³-hybridized carbons (Fsp3) is 0.545. The molecule has 2 fully saturated rings. The summed E-state index contributed by atoms with van der Waals surface area (Å²) >= 11 is 0. The molecule has 0 unspecified atom stereocenters. The van der Waals surface area contributed by atoms with Crippen molar-refractivity contribution in [3.05, 3.63) is 47.5 Å². The topological polar surface area (TPSA) is 247 Å². The van der Waals surface area contributed by atoms with E-state index in [4.69, 9.17) is 56.8 Å². The van der Waals surface area contributed by atoms with E-state index in [2.05, 4.69) is 0 Å². The van der Waals surface area contributed by atoms with Crippen molar-refractivity contribution in [1.29, 1.82) is 0 Å². The van der Waals surface area contributed by atoms with Crippen LogP contribution in [0, 0.1) is 13.8 Å². The number of hydrogen-bond acceptors (Lipinski definition) is 20. The van der Waals surface area contributed by atoms with E-state index in [9.17, 15) is 38.4 Å². The van der Waals surface area contributed by atoms with Crippen LogP contribution in [-0.4, -0.2) is 121 Å². The van der Waals surface area contributed by atoms with Crippen molar-refractivity contribution in [3.63, 3.8) is 0 Å². The molecule has 0 amide bonds. The normalized spacial score (nSPS) is 27.4. The third-order valence-corrected chi connectivity index (χ3v) is 9.96. The molecule has 2 aliphatic heterocycles. The second kappa shape index (κ2) is 20.9. The number of carbonyl (C=O) groups excluding carboxylic acids is 8. The van der Waals surface area contributed by atoms with Crippen LogP contribution in [0.15, 0.2) is 36.4 Å². The number of aryl methyl sites for hydroxylation is 2. The first-order valence-electron chi connectivity index (χ1n) is 20.0. The minimum absolute atomic E-state index is 0.249. The fourth-order valence-corrected chi connectivity index (χ4v) is 7.38. The molecule has 350 valence electrons. The molecule has 20 heteroatoms. The molecule has 2 aromatic carbocycles. The summed E-state index contributed by atoms with van der Waals surface area (Å²) in [6.07, 6.45) is -11.2. The number of rotatable bonds is 15. The van der Waals surface area contributed by atoms with Crippen molar-refractivity contribution in [2.24, 2.45) is 0 Å². The van der Waals surface area contributed by atoms with Crippen molar-refractivity contribution >= 4 is 47.8 Å². The second-order valence-electron chi connectivity index (χ2n) is 15.6. The van der Waals surface area contributed by atoms with E-state index in [-0.39, 0.29) is 11.5 Å². The summed E-state index contributed by atoms with van der Waals surface area (Å²) in [6, 6.07) is 10.3. The lowest BCUT2D eigenvalue weighted by Crippen LogP contribution is -2.70. The van der Waals surface area contributed by atoms with Crippen LogP contribution in [0.25, 0.3) is 11.1 Å². The summed E-state index contributed by atoms with van der Waals surface area (Å²) in [5.74, 6) is -5.59. The van der Waals surface area contributed by atoms with Gasteiger partial charge in [0.05, 0.1) is 0 Å². The molecule has 2 aliphatic rings. The van der Waals surface area contributed by atoms with E-state index in [0.29, 0.717) is 22.3 Å². The first-order chi connectivity index (χ1) is 29.8. The lowest BCUT2D eigenvalue weighted by atomic mass is 9.87. The number of esters is 8. The Kier molecular flexibility index (Phi) is 16.5. The van der Waals surface area contributed by atoms with Gasteiger partial charge in [0.2, 0.25) is 23.8 Å². The van der Waals surface area contributed by atoms with Gasteiger partial charge in [-0.1, -0.05) is 12.1 Å². The Hall–Kier alpha value is -6.28. The Morgan fingerprint density at radius 2 is 0.812 bits per heavy atom. The van der Waals surface area contributed by atoms with Gasteiger partial charge in [-0.05, 0) is 74.2 Å². The molecule has 0 radical (unpaired) electrons. The summed E-state index contributed by atoms with van der Waals surface area (Å²) in [5, 5.41) is 0. The third-order valence-electron chi connectivity index (χ3n) is 9.96. The SMILES string of the molecule is CC(=O)OC[C@H]1O[C@H](Oc2ccc(-c3ccc(O[C@H]4O[C@H](COC(C)=O)[C@@H](OC(C)=O)[C@H](OC(C)=O)[C@]4(C)OC(C)=O)c(C)c3)cc2C)[C@](C)(OC(C)=O)[C@@H](OC(C)=O)[C@@H]1OC(C)=O. The van der Waals surface area contributed by atoms with Gasteiger partial charge in [-0.15, -0.1) is 0 Å². The van der Waals surface area contributed by atoms with Crippen LogP contribution in [0.1, 0.15) is 80.4 Å². The smallest absolute Gasteiger partial charge is 0.303 e. The molecule has 64 heavy (non-hydrogen) atoms. The largest absolute Gasteiger partial charge is 0.463 e. The number of benzene rings is 2. The molecule has 2 aromatic rings. The van der Waals surface area contributed by atoms with Crippen molar-refractivity contribution in [2.45, 2.75) is 143 Å². The predicted octanol–water partition coefficient (Wildman–Crippen LogP) is 3.67. The molecule has 2 saturated heterocycles. The molecule has 0 bridgehead atoms. The van der Waals surface area contributed by atoms with Crippen LogP contribution in [-0.2, 0) is 85.7 Å². The Labute approximate surface area is 369 Å². The van der Waals surface area contributed by atoms with E-state index in [1.54, 1.807) is 50.2 Å². The van der Waals surface area contributed by atoms with Crippen molar-refractivity contribution in [1.82, 2.24) is 0 Å². The molecule has 2 heterocycles.